The molecule has 1 aliphatic heterocycles. The molecule has 60 valence electrons. The summed E-state index contributed by atoms with van der Waals surface area (Å²) in [5.74, 6) is 0. The van der Waals surface area contributed by atoms with Gasteiger partial charge in [-0.1, -0.05) is 0 Å². The van der Waals surface area contributed by atoms with Gasteiger partial charge in [-0.2, -0.15) is 0 Å². The molecule has 2 N–H and O–H groups in total. The number of hydrogen-bond donors (Lipinski definition) is 2. The first-order valence-corrected chi connectivity index (χ1v) is 3.95. The number of hydrogen-bond acceptors (Lipinski definition) is 2. The molecular formula is C8H17NO. The van der Waals surface area contributed by atoms with Crippen molar-refractivity contribution in [1.29, 1.82) is 0 Å². The van der Waals surface area contributed by atoms with Crippen molar-refractivity contribution in [1.82, 2.24) is 5.32 Å². The Morgan fingerprint density at radius 2 is 2.10 bits per heavy atom. The van der Waals surface area contributed by atoms with Crippen LogP contribution in [0.3, 0.4) is 0 Å². The number of piperidine rings is 1. The van der Waals surface area contributed by atoms with Crippen LogP contribution in [0.1, 0.15) is 33.6 Å². The van der Waals surface area contributed by atoms with Gasteiger partial charge in [-0.15, -0.1) is 0 Å². The molecule has 0 radical (unpaired) electrons. The van der Waals surface area contributed by atoms with Crippen molar-refractivity contribution in [2.24, 2.45) is 0 Å². The largest absolute Gasteiger partial charge is 0.393 e. The molecule has 2 atom stereocenters. The van der Waals surface area contributed by atoms with Gasteiger partial charge < -0.3 is 10.4 Å². The molecule has 2 heteroatoms. The molecule has 0 aromatic heterocycles. The minimum absolute atomic E-state index is 0.105. The van der Waals surface area contributed by atoms with E-state index in [9.17, 15) is 5.11 Å². The Kier molecular flexibility index (Phi) is 2.02. The van der Waals surface area contributed by atoms with E-state index < -0.39 is 0 Å². The van der Waals surface area contributed by atoms with Gasteiger partial charge in [0.2, 0.25) is 0 Å². The quantitative estimate of drug-likeness (QED) is 0.528. The highest BCUT2D eigenvalue weighted by Gasteiger charge is 2.29. The number of rotatable bonds is 0. The van der Waals surface area contributed by atoms with E-state index >= 15 is 0 Å². The summed E-state index contributed by atoms with van der Waals surface area (Å²) in [4.78, 5) is 0. The zero-order valence-corrected chi connectivity index (χ0v) is 7.02. The summed E-state index contributed by atoms with van der Waals surface area (Å²) in [5.41, 5.74) is 0.122. The van der Waals surface area contributed by atoms with Gasteiger partial charge in [0.15, 0.2) is 0 Å². The van der Waals surface area contributed by atoms with E-state index in [0.717, 1.165) is 12.8 Å². The predicted octanol–water partition coefficient (Wildman–Crippen LogP) is 0.898. The van der Waals surface area contributed by atoms with Crippen LogP contribution in [0.25, 0.3) is 0 Å². The van der Waals surface area contributed by atoms with E-state index in [1.807, 2.05) is 0 Å². The molecule has 1 saturated heterocycles. The summed E-state index contributed by atoms with van der Waals surface area (Å²) < 4.78 is 0. The van der Waals surface area contributed by atoms with Crippen molar-refractivity contribution in [2.75, 3.05) is 0 Å². The first kappa shape index (κ1) is 8.02. The second-order valence-corrected chi connectivity index (χ2v) is 4.02. The molecule has 0 aromatic carbocycles. The molecule has 1 rings (SSSR count). The molecule has 0 bridgehead atoms. The minimum Gasteiger partial charge on any atom is -0.393 e. The molecule has 0 aromatic rings. The van der Waals surface area contributed by atoms with E-state index in [1.165, 1.54) is 0 Å². The smallest absolute Gasteiger partial charge is 0.0572 e. The molecule has 0 spiro atoms. The number of aliphatic hydroxyl groups excluding tert-OH is 1. The highest BCUT2D eigenvalue weighted by atomic mass is 16.3. The number of nitrogens with one attached hydrogen (secondary N) is 1. The summed E-state index contributed by atoms with van der Waals surface area (Å²) in [6.45, 7) is 6.38. The molecule has 1 aliphatic rings. The van der Waals surface area contributed by atoms with Crippen LogP contribution in [0, 0.1) is 0 Å². The summed E-state index contributed by atoms with van der Waals surface area (Å²) >= 11 is 0. The third kappa shape index (κ3) is 1.96. The van der Waals surface area contributed by atoms with Crippen LogP contribution in [0.5, 0.6) is 0 Å². The molecule has 1 fully saturated rings. The molecule has 10 heavy (non-hydrogen) atoms. The SMILES string of the molecule is C[C@@H]1C[C@@H](O)CC(C)(C)N1. The van der Waals surface area contributed by atoms with Gasteiger partial charge in [0.1, 0.15) is 0 Å². The number of aliphatic hydroxyl groups is 1. The fourth-order valence-corrected chi connectivity index (χ4v) is 1.87. The van der Waals surface area contributed by atoms with Crippen molar-refractivity contribution >= 4 is 0 Å². The Hall–Kier alpha value is -0.0800. The van der Waals surface area contributed by atoms with Gasteiger partial charge >= 0.3 is 0 Å². The van der Waals surface area contributed by atoms with Gasteiger partial charge in [0.25, 0.3) is 0 Å². The third-order valence-corrected chi connectivity index (χ3v) is 2.01. The van der Waals surface area contributed by atoms with Crippen LogP contribution in [-0.2, 0) is 0 Å². The maximum absolute atomic E-state index is 9.38. The highest BCUT2D eigenvalue weighted by Crippen LogP contribution is 2.21. The van der Waals surface area contributed by atoms with Crippen molar-refractivity contribution < 1.29 is 5.11 Å². The topological polar surface area (TPSA) is 32.3 Å². The second-order valence-electron chi connectivity index (χ2n) is 4.02. The Bertz CT molecular complexity index is 110. The van der Waals surface area contributed by atoms with E-state index in [1.54, 1.807) is 0 Å². The fourth-order valence-electron chi connectivity index (χ4n) is 1.87. The van der Waals surface area contributed by atoms with Crippen LogP contribution in [0.4, 0.5) is 0 Å². The van der Waals surface area contributed by atoms with E-state index in [0.29, 0.717) is 6.04 Å². The lowest BCUT2D eigenvalue weighted by atomic mass is 9.88. The Morgan fingerprint density at radius 1 is 1.50 bits per heavy atom. The van der Waals surface area contributed by atoms with Gasteiger partial charge in [-0.3, -0.25) is 0 Å². The first-order chi connectivity index (χ1) is 4.49. The van der Waals surface area contributed by atoms with E-state index in [2.05, 4.69) is 26.1 Å². The molecule has 0 aliphatic carbocycles. The third-order valence-electron chi connectivity index (χ3n) is 2.01. The Balaban J connectivity index is 2.51. The van der Waals surface area contributed by atoms with E-state index in [4.69, 9.17) is 0 Å². The summed E-state index contributed by atoms with van der Waals surface area (Å²) in [6, 6.07) is 0.457. The van der Waals surface area contributed by atoms with E-state index in [-0.39, 0.29) is 11.6 Å². The van der Waals surface area contributed by atoms with Crippen LogP contribution in [0.15, 0.2) is 0 Å². The van der Waals surface area contributed by atoms with Gasteiger partial charge in [-0.05, 0) is 33.6 Å². The molecule has 0 amide bonds. The second kappa shape index (κ2) is 2.51. The first-order valence-electron chi connectivity index (χ1n) is 3.95. The molecule has 0 saturated carbocycles. The molecule has 0 unspecified atom stereocenters. The Morgan fingerprint density at radius 3 is 2.50 bits per heavy atom. The van der Waals surface area contributed by atoms with Gasteiger partial charge in [0, 0.05) is 11.6 Å². The highest BCUT2D eigenvalue weighted by molar-refractivity contribution is 4.89. The monoisotopic (exact) mass is 143 g/mol. The average molecular weight is 143 g/mol. The van der Waals surface area contributed by atoms with Gasteiger partial charge in [0.05, 0.1) is 6.10 Å². The van der Waals surface area contributed by atoms with Crippen LogP contribution in [0.2, 0.25) is 0 Å². The van der Waals surface area contributed by atoms with Gasteiger partial charge in [-0.25, -0.2) is 0 Å². The van der Waals surface area contributed by atoms with Crippen molar-refractivity contribution in [3.05, 3.63) is 0 Å². The summed E-state index contributed by atoms with van der Waals surface area (Å²) in [5, 5.41) is 12.8. The normalized spacial score (nSPS) is 39.6. The summed E-state index contributed by atoms with van der Waals surface area (Å²) in [7, 11) is 0. The standard InChI is InChI=1S/C8H17NO/c1-6-4-7(10)5-8(2,3)9-6/h6-7,9-10H,4-5H2,1-3H3/t6-,7-/m1/s1. The van der Waals surface area contributed by atoms with Crippen LogP contribution in [-0.4, -0.2) is 22.8 Å². The minimum atomic E-state index is -0.105. The van der Waals surface area contributed by atoms with Crippen molar-refractivity contribution in [3.8, 4) is 0 Å². The van der Waals surface area contributed by atoms with Crippen molar-refractivity contribution in [2.45, 2.75) is 51.3 Å². The lowest BCUT2D eigenvalue weighted by molar-refractivity contribution is 0.0711. The van der Waals surface area contributed by atoms with Crippen LogP contribution >= 0.6 is 0 Å². The zero-order chi connectivity index (χ0) is 7.78. The lowest BCUT2D eigenvalue weighted by Crippen LogP contribution is -2.52. The summed E-state index contributed by atoms with van der Waals surface area (Å²) in [6.07, 6.45) is 1.66. The van der Waals surface area contributed by atoms with Crippen molar-refractivity contribution in [3.63, 3.8) is 0 Å². The fraction of sp³-hybridized carbons (Fsp3) is 1.00. The zero-order valence-electron chi connectivity index (χ0n) is 7.02. The maximum atomic E-state index is 9.38. The predicted molar refractivity (Wildman–Crippen MR) is 41.9 cm³/mol. The maximum Gasteiger partial charge on any atom is 0.0572 e. The average Bonchev–Trinajstić information content (AvgIpc) is 1.54. The molecule has 1 heterocycles. The Labute approximate surface area is 62.6 Å². The van der Waals surface area contributed by atoms with Crippen LogP contribution < -0.4 is 5.32 Å². The molecular weight excluding hydrogens is 126 g/mol. The molecule has 2 nitrogen and oxygen atoms in total. The lowest BCUT2D eigenvalue weighted by Gasteiger charge is -2.38.